The van der Waals surface area contributed by atoms with Crippen molar-refractivity contribution in [3.8, 4) is 0 Å². The van der Waals surface area contributed by atoms with E-state index in [1.165, 1.54) is 0 Å². The molecule has 4 N–H and O–H groups in total. The Morgan fingerprint density at radius 3 is 3.08 bits per heavy atom. The van der Waals surface area contributed by atoms with Crippen molar-refractivity contribution in [2.75, 3.05) is 26.3 Å². The molecule has 1 heterocycles. The third-order valence-electron chi connectivity index (χ3n) is 2.14. The van der Waals surface area contributed by atoms with E-state index in [2.05, 4.69) is 5.32 Å². The Balaban J connectivity index is 2.02. The molecule has 1 fully saturated rings. The molecule has 76 valence electrons. The molecule has 1 aliphatic heterocycles. The number of carboxylic acid groups (broad SMARTS) is 1. The van der Waals surface area contributed by atoms with Gasteiger partial charge in [0.2, 0.25) is 0 Å². The highest BCUT2D eigenvalue weighted by molar-refractivity contribution is 5.73. The number of hydrogen-bond acceptors (Lipinski definition) is 4. The zero-order valence-corrected chi connectivity index (χ0v) is 7.53. The molecule has 0 saturated carbocycles. The van der Waals surface area contributed by atoms with Gasteiger partial charge in [-0.25, -0.2) is 0 Å². The predicted molar refractivity (Wildman–Crippen MR) is 47.4 cm³/mol. The molecule has 0 radical (unpaired) electrons. The third-order valence-corrected chi connectivity index (χ3v) is 2.14. The van der Waals surface area contributed by atoms with Gasteiger partial charge in [0.15, 0.2) is 0 Å². The first-order chi connectivity index (χ1) is 6.20. The van der Waals surface area contributed by atoms with Crippen molar-refractivity contribution in [1.29, 1.82) is 0 Å². The lowest BCUT2D eigenvalue weighted by atomic mass is 10.1. The Labute approximate surface area is 77.2 Å². The SMILES string of the molecule is NC(CNCC1CCOC1)C(=O)O. The highest BCUT2D eigenvalue weighted by Crippen LogP contribution is 2.10. The fraction of sp³-hybridized carbons (Fsp3) is 0.875. The first-order valence-corrected chi connectivity index (χ1v) is 4.47. The van der Waals surface area contributed by atoms with E-state index in [0.29, 0.717) is 12.5 Å². The highest BCUT2D eigenvalue weighted by atomic mass is 16.5. The van der Waals surface area contributed by atoms with Crippen LogP contribution in [-0.2, 0) is 9.53 Å². The number of nitrogens with two attached hydrogens (primary N) is 1. The molecule has 2 atom stereocenters. The Morgan fingerprint density at radius 1 is 1.77 bits per heavy atom. The fourth-order valence-corrected chi connectivity index (χ4v) is 1.27. The van der Waals surface area contributed by atoms with Crippen LogP contribution in [0.5, 0.6) is 0 Å². The lowest BCUT2D eigenvalue weighted by molar-refractivity contribution is -0.138. The lowest BCUT2D eigenvalue weighted by Gasteiger charge is -2.11. The van der Waals surface area contributed by atoms with Crippen molar-refractivity contribution in [2.45, 2.75) is 12.5 Å². The van der Waals surface area contributed by atoms with E-state index in [1.807, 2.05) is 0 Å². The maximum absolute atomic E-state index is 10.3. The Bertz CT molecular complexity index is 169. The first-order valence-electron chi connectivity index (χ1n) is 4.47. The summed E-state index contributed by atoms with van der Waals surface area (Å²) in [6.45, 7) is 2.71. The quantitative estimate of drug-likeness (QED) is 0.516. The molecule has 5 nitrogen and oxygen atoms in total. The van der Waals surface area contributed by atoms with Gasteiger partial charge in [-0.1, -0.05) is 0 Å². The number of hydrogen-bond donors (Lipinski definition) is 3. The van der Waals surface area contributed by atoms with Crippen LogP contribution in [0.15, 0.2) is 0 Å². The van der Waals surface area contributed by atoms with Gasteiger partial charge in [-0.2, -0.15) is 0 Å². The van der Waals surface area contributed by atoms with E-state index in [9.17, 15) is 4.79 Å². The second kappa shape index (κ2) is 5.16. The smallest absolute Gasteiger partial charge is 0.321 e. The topological polar surface area (TPSA) is 84.6 Å². The normalized spacial score (nSPS) is 24.5. The molecule has 5 heteroatoms. The molecule has 0 aromatic heterocycles. The van der Waals surface area contributed by atoms with Gasteiger partial charge in [0.1, 0.15) is 6.04 Å². The van der Waals surface area contributed by atoms with Crippen LogP contribution in [0.2, 0.25) is 0 Å². The van der Waals surface area contributed by atoms with Gasteiger partial charge in [-0.05, 0) is 12.3 Å². The molecule has 0 aromatic rings. The summed E-state index contributed by atoms with van der Waals surface area (Å²) in [4.78, 5) is 10.3. The number of ether oxygens (including phenoxy) is 1. The van der Waals surface area contributed by atoms with E-state index < -0.39 is 12.0 Å². The summed E-state index contributed by atoms with van der Waals surface area (Å²) in [7, 11) is 0. The summed E-state index contributed by atoms with van der Waals surface area (Å²) >= 11 is 0. The third kappa shape index (κ3) is 3.71. The minimum absolute atomic E-state index is 0.325. The average molecular weight is 188 g/mol. The van der Waals surface area contributed by atoms with Gasteiger partial charge in [-0.3, -0.25) is 4.79 Å². The van der Waals surface area contributed by atoms with Gasteiger partial charge in [0.05, 0.1) is 6.61 Å². The van der Waals surface area contributed by atoms with Crippen molar-refractivity contribution < 1.29 is 14.6 Å². The van der Waals surface area contributed by atoms with Gasteiger partial charge >= 0.3 is 5.97 Å². The first kappa shape index (κ1) is 10.4. The number of carbonyl (C=O) groups is 1. The molecule has 0 amide bonds. The van der Waals surface area contributed by atoms with Gasteiger partial charge in [0, 0.05) is 19.7 Å². The summed E-state index contributed by atoms with van der Waals surface area (Å²) in [5.74, 6) is -0.448. The largest absolute Gasteiger partial charge is 0.480 e. The van der Waals surface area contributed by atoms with Crippen molar-refractivity contribution >= 4 is 5.97 Å². The molecular weight excluding hydrogens is 172 g/mol. The summed E-state index contributed by atoms with van der Waals surface area (Å²) in [6.07, 6.45) is 1.05. The average Bonchev–Trinajstić information content (AvgIpc) is 2.56. The lowest BCUT2D eigenvalue weighted by Crippen LogP contribution is -2.41. The van der Waals surface area contributed by atoms with Crippen molar-refractivity contribution in [3.63, 3.8) is 0 Å². The highest BCUT2D eigenvalue weighted by Gasteiger charge is 2.16. The Hall–Kier alpha value is -0.650. The summed E-state index contributed by atoms with van der Waals surface area (Å²) < 4.78 is 5.17. The van der Waals surface area contributed by atoms with E-state index in [1.54, 1.807) is 0 Å². The van der Waals surface area contributed by atoms with Crippen LogP contribution >= 0.6 is 0 Å². The van der Waals surface area contributed by atoms with Crippen LogP contribution in [0.3, 0.4) is 0 Å². The van der Waals surface area contributed by atoms with Crippen LogP contribution in [0.25, 0.3) is 0 Å². The zero-order valence-electron chi connectivity index (χ0n) is 7.53. The summed E-state index contributed by atoms with van der Waals surface area (Å²) in [6, 6.07) is -0.803. The zero-order chi connectivity index (χ0) is 9.68. The number of aliphatic carboxylic acids is 1. The van der Waals surface area contributed by atoms with Crippen LogP contribution in [0.4, 0.5) is 0 Å². The molecule has 1 rings (SSSR count). The van der Waals surface area contributed by atoms with Crippen LogP contribution in [0.1, 0.15) is 6.42 Å². The van der Waals surface area contributed by atoms with Gasteiger partial charge in [-0.15, -0.1) is 0 Å². The molecule has 2 unspecified atom stereocenters. The van der Waals surface area contributed by atoms with Crippen molar-refractivity contribution in [1.82, 2.24) is 5.32 Å². The van der Waals surface area contributed by atoms with E-state index >= 15 is 0 Å². The molecule has 0 bridgehead atoms. The molecular formula is C8H16N2O3. The molecule has 0 aromatic carbocycles. The molecule has 1 aliphatic rings. The summed E-state index contributed by atoms with van der Waals surface area (Å²) in [5.41, 5.74) is 5.31. The Morgan fingerprint density at radius 2 is 2.54 bits per heavy atom. The second-order valence-corrected chi connectivity index (χ2v) is 3.33. The van der Waals surface area contributed by atoms with Crippen molar-refractivity contribution in [3.05, 3.63) is 0 Å². The fourth-order valence-electron chi connectivity index (χ4n) is 1.27. The van der Waals surface area contributed by atoms with Crippen LogP contribution in [0, 0.1) is 5.92 Å². The van der Waals surface area contributed by atoms with Gasteiger partial charge in [0.25, 0.3) is 0 Å². The maximum atomic E-state index is 10.3. The van der Waals surface area contributed by atoms with Crippen LogP contribution in [-0.4, -0.2) is 43.4 Å². The number of carboxylic acids is 1. The van der Waals surface area contributed by atoms with Crippen LogP contribution < -0.4 is 11.1 Å². The predicted octanol–water partition coefficient (Wildman–Crippen LogP) is -0.976. The van der Waals surface area contributed by atoms with E-state index in [4.69, 9.17) is 15.6 Å². The van der Waals surface area contributed by atoms with Crippen molar-refractivity contribution in [2.24, 2.45) is 11.7 Å². The summed E-state index contributed by atoms with van der Waals surface area (Å²) in [5, 5.41) is 11.5. The maximum Gasteiger partial charge on any atom is 0.321 e. The molecule has 1 saturated heterocycles. The molecule has 0 aliphatic carbocycles. The number of rotatable bonds is 5. The monoisotopic (exact) mass is 188 g/mol. The van der Waals surface area contributed by atoms with E-state index in [-0.39, 0.29) is 0 Å². The Kier molecular flexibility index (Phi) is 4.14. The van der Waals surface area contributed by atoms with E-state index in [0.717, 1.165) is 26.2 Å². The minimum atomic E-state index is -0.963. The minimum Gasteiger partial charge on any atom is -0.480 e. The second-order valence-electron chi connectivity index (χ2n) is 3.33. The molecule has 13 heavy (non-hydrogen) atoms. The number of nitrogens with one attached hydrogen (secondary N) is 1. The van der Waals surface area contributed by atoms with Gasteiger partial charge < -0.3 is 20.9 Å². The molecule has 0 spiro atoms. The standard InChI is InChI=1S/C8H16N2O3/c9-7(8(11)12)4-10-3-6-1-2-13-5-6/h6-7,10H,1-5,9H2,(H,11,12).